The second kappa shape index (κ2) is 6.55. The predicted molar refractivity (Wildman–Crippen MR) is 68.1 cm³/mol. The number of nitrogens with one attached hydrogen (secondary N) is 1. The summed E-state index contributed by atoms with van der Waals surface area (Å²) in [6.07, 6.45) is 0. The molecule has 0 aliphatic heterocycles. The molecule has 1 N–H and O–H groups in total. The molecule has 0 saturated carbocycles. The molecule has 1 amide bonds. The highest BCUT2D eigenvalue weighted by Gasteiger charge is 2.13. The molecule has 6 nitrogen and oxygen atoms in total. The van der Waals surface area contributed by atoms with Crippen LogP contribution < -0.4 is 10.2 Å². The first-order chi connectivity index (χ1) is 8.60. The summed E-state index contributed by atoms with van der Waals surface area (Å²) < 4.78 is 0. The fourth-order valence-corrected chi connectivity index (χ4v) is 1.50. The number of amides is 1. The third-order valence-electron chi connectivity index (χ3n) is 2.33. The second-order valence-corrected chi connectivity index (χ2v) is 3.77. The van der Waals surface area contributed by atoms with Gasteiger partial charge in [0.05, 0.1) is 6.54 Å². The van der Waals surface area contributed by atoms with E-state index in [1.54, 1.807) is 17.9 Å². The number of aromatic nitrogens is 2. The van der Waals surface area contributed by atoms with E-state index in [9.17, 15) is 4.79 Å². The minimum Gasteiger partial charge on any atom is -0.355 e. The minimum atomic E-state index is -0.0806. The van der Waals surface area contributed by atoms with E-state index in [1.807, 2.05) is 19.9 Å². The molecular formula is C12H17N5O. The van der Waals surface area contributed by atoms with Crippen LogP contribution in [0.3, 0.4) is 0 Å². The van der Waals surface area contributed by atoms with Gasteiger partial charge in [0.25, 0.3) is 0 Å². The lowest BCUT2D eigenvalue weighted by Crippen LogP contribution is -2.38. The zero-order valence-corrected chi connectivity index (χ0v) is 10.9. The van der Waals surface area contributed by atoms with Gasteiger partial charge < -0.3 is 10.2 Å². The standard InChI is InChI=1S/C12H17N5O/c1-4-14-11(18)8-17(5-2)12-15-9(3)6-10(7-13)16-12/h6H,4-5,8H2,1-3H3,(H,14,18). The molecule has 0 unspecified atom stereocenters. The topological polar surface area (TPSA) is 81.9 Å². The summed E-state index contributed by atoms with van der Waals surface area (Å²) in [6.45, 7) is 6.96. The number of nitriles is 1. The summed E-state index contributed by atoms with van der Waals surface area (Å²) in [4.78, 5) is 21.6. The number of carbonyl (C=O) groups is 1. The molecule has 18 heavy (non-hydrogen) atoms. The Bertz CT molecular complexity index is 466. The highest BCUT2D eigenvalue weighted by Crippen LogP contribution is 2.09. The van der Waals surface area contributed by atoms with Crippen LogP contribution in [0.25, 0.3) is 0 Å². The largest absolute Gasteiger partial charge is 0.355 e. The fraction of sp³-hybridized carbons (Fsp3) is 0.500. The van der Waals surface area contributed by atoms with E-state index < -0.39 is 0 Å². The van der Waals surface area contributed by atoms with Crippen molar-refractivity contribution < 1.29 is 4.79 Å². The first-order valence-electron chi connectivity index (χ1n) is 5.88. The number of aryl methyl sites for hydroxylation is 1. The van der Waals surface area contributed by atoms with Gasteiger partial charge in [-0.2, -0.15) is 5.26 Å². The van der Waals surface area contributed by atoms with Gasteiger partial charge in [-0.15, -0.1) is 0 Å². The van der Waals surface area contributed by atoms with Crippen molar-refractivity contribution in [2.24, 2.45) is 0 Å². The molecule has 0 aromatic carbocycles. The predicted octanol–water partition coefficient (Wildman–Crippen LogP) is 0.619. The summed E-state index contributed by atoms with van der Waals surface area (Å²) >= 11 is 0. The third kappa shape index (κ3) is 3.70. The highest BCUT2D eigenvalue weighted by molar-refractivity contribution is 5.80. The number of anilines is 1. The third-order valence-corrected chi connectivity index (χ3v) is 2.33. The van der Waals surface area contributed by atoms with E-state index in [4.69, 9.17) is 5.26 Å². The molecule has 0 radical (unpaired) electrons. The van der Waals surface area contributed by atoms with E-state index in [0.717, 1.165) is 0 Å². The van der Waals surface area contributed by atoms with Crippen molar-refractivity contribution in [3.05, 3.63) is 17.5 Å². The molecule has 0 spiro atoms. The van der Waals surface area contributed by atoms with Crippen LogP contribution in [-0.2, 0) is 4.79 Å². The quantitative estimate of drug-likeness (QED) is 0.824. The van der Waals surface area contributed by atoms with Crippen molar-refractivity contribution in [1.29, 1.82) is 5.26 Å². The van der Waals surface area contributed by atoms with Crippen LogP contribution in [-0.4, -0.2) is 35.5 Å². The molecule has 96 valence electrons. The molecule has 0 aliphatic rings. The normalized spacial score (nSPS) is 9.67. The van der Waals surface area contributed by atoms with Gasteiger partial charge >= 0.3 is 0 Å². The number of likely N-dealkylation sites (N-methyl/N-ethyl adjacent to an activating group) is 2. The summed E-state index contributed by atoms with van der Waals surface area (Å²) in [7, 11) is 0. The van der Waals surface area contributed by atoms with Crippen molar-refractivity contribution in [3.8, 4) is 6.07 Å². The summed E-state index contributed by atoms with van der Waals surface area (Å²) in [5, 5.41) is 11.6. The number of hydrogen-bond acceptors (Lipinski definition) is 5. The molecule has 1 aromatic rings. The van der Waals surface area contributed by atoms with Gasteiger partial charge in [-0.25, -0.2) is 9.97 Å². The Balaban J connectivity index is 2.91. The maximum absolute atomic E-state index is 11.6. The zero-order chi connectivity index (χ0) is 13.5. The van der Waals surface area contributed by atoms with Crippen molar-refractivity contribution >= 4 is 11.9 Å². The molecule has 0 saturated heterocycles. The van der Waals surface area contributed by atoms with Crippen LogP contribution in [0.15, 0.2) is 6.07 Å². The van der Waals surface area contributed by atoms with Crippen LogP contribution in [0.4, 0.5) is 5.95 Å². The van der Waals surface area contributed by atoms with E-state index in [-0.39, 0.29) is 12.5 Å². The number of nitrogens with zero attached hydrogens (tertiary/aromatic N) is 4. The Kier molecular flexibility index (Phi) is 5.06. The number of carbonyl (C=O) groups excluding carboxylic acids is 1. The Morgan fingerprint density at radius 1 is 1.50 bits per heavy atom. The lowest BCUT2D eigenvalue weighted by atomic mass is 10.3. The van der Waals surface area contributed by atoms with Crippen molar-refractivity contribution in [1.82, 2.24) is 15.3 Å². The molecule has 6 heteroatoms. The maximum atomic E-state index is 11.6. The van der Waals surface area contributed by atoms with Gasteiger partial charge in [-0.3, -0.25) is 4.79 Å². The average Bonchev–Trinajstić information content (AvgIpc) is 2.35. The lowest BCUT2D eigenvalue weighted by Gasteiger charge is -2.20. The molecule has 1 aromatic heterocycles. The Hall–Kier alpha value is -2.16. The van der Waals surface area contributed by atoms with Crippen LogP contribution in [0.1, 0.15) is 25.2 Å². The minimum absolute atomic E-state index is 0.0806. The number of rotatable bonds is 5. The van der Waals surface area contributed by atoms with Crippen LogP contribution >= 0.6 is 0 Å². The van der Waals surface area contributed by atoms with Crippen molar-refractivity contribution in [2.75, 3.05) is 24.5 Å². The molecular weight excluding hydrogens is 230 g/mol. The molecule has 0 fully saturated rings. The smallest absolute Gasteiger partial charge is 0.239 e. The van der Waals surface area contributed by atoms with E-state index in [0.29, 0.717) is 30.4 Å². The van der Waals surface area contributed by atoms with E-state index >= 15 is 0 Å². The SMILES string of the molecule is CCNC(=O)CN(CC)c1nc(C)cc(C#N)n1. The van der Waals surface area contributed by atoms with Crippen LogP contribution in [0.2, 0.25) is 0 Å². The summed E-state index contributed by atoms with van der Waals surface area (Å²) in [5.74, 6) is 0.336. The highest BCUT2D eigenvalue weighted by atomic mass is 16.2. The molecule has 0 atom stereocenters. The fourth-order valence-electron chi connectivity index (χ4n) is 1.50. The van der Waals surface area contributed by atoms with Gasteiger partial charge in [0.15, 0.2) is 0 Å². The molecule has 0 bridgehead atoms. The van der Waals surface area contributed by atoms with Crippen LogP contribution in [0, 0.1) is 18.3 Å². The first kappa shape index (κ1) is 13.9. The van der Waals surface area contributed by atoms with Gasteiger partial charge in [-0.1, -0.05) is 0 Å². The monoisotopic (exact) mass is 247 g/mol. The lowest BCUT2D eigenvalue weighted by molar-refractivity contribution is -0.119. The Morgan fingerprint density at radius 3 is 2.78 bits per heavy atom. The van der Waals surface area contributed by atoms with Gasteiger partial charge in [0.1, 0.15) is 11.8 Å². The second-order valence-electron chi connectivity index (χ2n) is 3.77. The van der Waals surface area contributed by atoms with E-state index in [1.165, 1.54) is 0 Å². The average molecular weight is 247 g/mol. The van der Waals surface area contributed by atoms with Crippen LogP contribution in [0.5, 0.6) is 0 Å². The maximum Gasteiger partial charge on any atom is 0.239 e. The van der Waals surface area contributed by atoms with Gasteiger partial charge in [0, 0.05) is 18.8 Å². The molecule has 1 heterocycles. The first-order valence-corrected chi connectivity index (χ1v) is 5.88. The zero-order valence-electron chi connectivity index (χ0n) is 10.9. The molecule has 0 aliphatic carbocycles. The Labute approximate surface area is 107 Å². The Morgan fingerprint density at radius 2 is 2.22 bits per heavy atom. The van der Waals surface area contributed by atoms with Crippen molar-refractivity contribution in [2.45, 2.75) is 20.8 Å². The molecule has 1 rings (SSSR count). The summed E-state index contributed by atoms with van der Waals surface area (Å²) in [5.41, 5.74) is 1.03. The number of hydrogen-bond donors (Lipinski definition) is 1. The van der Waals surface area contributed by atoms with E-state index in [2.05, 4.69) is 15.3 Å². The van der Waals surface area contributed by atoms with Gasteiger partial charge in [0.2, 0.25) is 11.9 Å². The van der Waals surface area contributed by atoms with Gasteiger partial charge in [-0.05, 0) is 26.8 Å². The summed E-state index contributed by atoms with van der Waals surface area (Å²) in [6, 6.07) is 3.60. The van der Waals surface area contributed by atoms with Crippen molar-refractivity contribution in [3.63, 3.8) is 0 Å².